The third-order valence-electron chi connectivity index (χ3n) is 3.96. The molecule has 0 bridgehead atoms. The van der Waals surface area contributed by atoms with Gasteiger partial charge in [0.1, 0.15) is 5.92 Å². The van der Waals surface area contributed by atoms with Crippen LogP contribution in [0.2, 0.25) is 0 Å². The molecule has 2 rings (SSSR count). The Morgan fingerprint density at radius 1 is 1.25 bits per heavy atom. The Bertz CT molecular complexity index is 493. The maximum Gasteiger partial charge on any atom is 0.240 e. The average Bonchev–Trinajstić information content (AvgIpc) is 2.98. The van der Waals surface area contributed by atoms with Crippen LogP contribution < -0.4 is 0 Å². The Balaban J connectivity index is 2.02. The van der Waals surface area contributed by atoms with Crippen LogP contribution >= 0.6 is 0 Å². The number of amides is 1. The Kier molecular flexibility index (Phi) is 4.79. The Morgan fingerprint density at radius 2 is 1.85 bits per heavy atom. The minimum Gasteiger partial charge on any atom is -0.342 e. The largest absolute Gasteiger partial charge is 0.342 e. The lowest BCUT2D eigenvalue weighted by Gasteiger charge is -2.18. The van der Waals surface area contributed by atoms with E-state index in [0.717, 1.165) is 31.5 Å². The van der Waals surface area contributed by atoms with Gasteiger partial charge in [-0.05, 0) is 36.3 Å². The van der Waals surface area contributed by atoms with E-state index in [-0.39, 0.29) is 5.91 Å². The Labute approximate surface area is 121 Å². The van der Waals surface area contributed by atoms with Crippen molar-refractivity contribution < 1.29 is 4.79 Å². The molecule has 1 unspecified atom stereocenters. The number of nitriles is 1. The summed E-state index contributed by atoms with van der Waals surface area (Å²) < 4.78 is 0. The molecule has 0 radical (unpaired) electrons. The third-order valence-corrected chi connectivity index (χ3v) is 3.96. The molecule has 1 fully saturated rings. The molecular formula is C17H22N2O. The summed E-state index contributed by atoms with van der Waals surface area (Å²) in [4.78, 5) is 14.1. The summed E-state index contributed by atoms with van der Waals surface area (Å²) in [6.45, 7) is 5.93. The molecule has 106 valence electrons. The van der Waals surface area contributed by atoms with Gasteiger partial charge in [0, 0.05) is 13.1 Å². The highest BCUT2D eigenvalue weighted by atomic mass is 16.2. The van der Waals surface area contributed by atoms with E-state index in [1.165, 1.54) is 5.56 Å². The second-order valence-corrected chi connectivity index (χ2v) is 5.81. The molecule has 1 heterocycles. The first-order chi connectivity index (χ1) is 9.61. The number of nitrogens with zero attached hydrogens (tertiary/aromatic N) is 2. The van der Waals surface area contributed by atoms with Crippen LogP contribution in [0.5, 0.6) is 0 Å². The molecular weight excluding hydrogens is 248 g/mol. The van der Waals surface area contributed by atoms with Gasteiger partial charge in [-0.25, -0.2) is 0 Å². The second kappa shape index (κ2) is 6.56. The van der Waals surface area contributed by atoms with E-state index in [0.29, 0.717) is 12.3 Å². The maximum absolute atomic E-state index is 12.3. The first kappa shape index (κ1) is 14.6. The summed E-state index contributed by atoms with van der Waals surface area (Å²) in [6, 6.07) is 10.4. The number of rotatable bonds is 4. The van der Waals surface area contributed by atoms with Crippen LogP contribution in [0.1, 0.15) is 43.7 Å². The maximum atomic E-state index is 12.3. The van der Waals surface area contributed by atoms with Crippen LogP contribution in [-0.4, -0.2) is 23.9 Å². The van der Waals surface area contributed by atoms with Crippen molar-refractivity contribution in [2.75, 3.05) is 13.1 Å². The first-order valence-corrected chi connectivity index (χ1v) is 7.39. The fraction of sp³-hybridized carbons (Fsp3) is 0.529. The summed E-state index contributed by atoms with van der Waals surface area (Å²) in [6.07, 6.45) is 2.64. The summed E-state index contributed by atoms with van der Waals surface area (Å²) in [5, 5.41) is 9.26. The molecule has 1 aromatic carbocycles. The van der Waals surface area contributed by atoms with Crippen molar-refractivity contribution in [1.29, 1.82) is 5.26 Å². The van der Waals surface area contributed by atoms with Crippen LogP contribution in [0.15, 0.2) is 24.3 Å². The topological polar surface area (TPSA) is 44.1 Å². The van der Waals surface area contributed by atoms with Crippen LogP contribution in [0, 0.1) is 17.2 Å². The highest BCUT2D eigenvalue weighted by molar-refractivity contribution is 5.81. The van der Waals surface area contributed by atoms with Crippen LogP contribution in [-0.2, 0) is 11.2 Å². The van der Waals surface area contributed by atoms with Crippen molar-refractivity contribution in [2.45, 2.75) is 39.0 Å². The predicted molar refractivity (Wildman–Crippen MR) is 79.2 cm³/mol. The minimum absolute atomic E-state index is 0.00191. The molecule has 20 heavy (non-hydrogen) atoms. The van der Waals surface area contributed by atoms with E-state index in [2.05, 4.69) is 32.0 Å². The van der Waals surface area contributed by atoms with E-state index in [1.807, 2.05) is 17.0 Å². The number of hydrogen-bond acceptors (Lipinski definition) is 2. The molecule has 0 spiro atoms. The van der Waals surface area contributed by atoms with Crippen LogP contribution in [0.3, 0.4) is 0 Å². The molecule has 1 aliphatic heterocycles. The standard InChI is InChI=1S/C17H22N2O/c1-13(2)15-7-5-14(6-8-15)11-16(12-18)17(20)19-9-3-4-10-19/h5-8,13,16H,3-4,9-11H2,1-2H3. The molecule has 1 saturated heterocycles. The molecule has 0 N–H and O–H groups in total. The van der Waals surface area contributed by atoms with Gasteiger partial charge in [0.2, 0.25) is 5.91 Å². The first-order valence-electron chi connectivity index (χ1n) is 7.39. The molecule has 1 aliphatic rings. The van der Waals surface area contributed by atoms with Gasteiger partial charge in [0.25, 0.3) is 0 Å². The number of hydrogen-bond donors (Lipinski definition) is 0. The highest BCUT2D eigenvalue weighted by Crippen LogP contribution is 2.19. The van der Waals surface area contributed by atoms with E-state index in [9.17, 15) is 10.1 Å². The quantitative estimate of drug-likeness (QED) is 0.843. The smallest absolute Gasteiger partial charge is 0.240 e. The zero-order chi connectivity index (χ0) is 14.5. The summed E-state index contributed by atoms with van der Waals surface area (Å²) in [7, 11) is 0. The fourth-order valence-electron chi connectivity index (χ4n) is 2.62. The third kappa shape index (κ3) is 3.39. The molecule has 1 amide bonds. The second-order valence-electron chi connectivity index (χ2n) is 5.81. The number of carbonyl (C=O) groups is 1. The van der Waals surface area contributed by atoms with Gasteiger partial charge in [-0.15, -0.1) is 0 Å². The van der Waals surface area contributed by atoms with Crippen molar-refractivity contribution in [1.82, 2.24) is 4.90 Å². The van der Waals surface area contributed by atoms with Crippen molar-refractivity contribution in [2.24, 2.45) is 5.92 Å². The van der Waals surface area contributed by atoms with Gasteiger partial charge in [0.15, 0.2) is 0 Å². The summed E-state index contributed by atoms with van der Waals surface area (Å²) >= 11 is 0. The highest BCUT2D eigenvalue weighted by Gasteiger charge is 2.26. The van der Waals surface area contributed by atoms with Crippen LogP contribution in [0.25, 0.3) is 0 Å². The summed E-state index contributed by atoms with van der Waals surface area (Å²) in [5.41, 5.74) is 2.35. The van der Waals surface area contributed by atoms with Gasteiger partial charge in [0.05, 0.1) is 6.07 Å². The average molecular weight is 270 g/mol. The van der Waals surface area contributed by atoms with Gasteiger partial charge in [-0.1, -0.05) is 38.1 Å². The number of carbonyl (C=O) groups excluding carboxylic acids is 1. The van der Waals surface area contributed by atoms with E-state index in [1.54, 1.807) is 0 Å². The predicted octanol–water partition coefficient (Wildman–Crippen LogP) is 3.11. The lowest BCUT2D eigenvalue weighted by molar-refractivity contribution is -0.132. The molecule has 0 aliphatic carbocycles. The van der Waals surface area contributed by atoms with E-state index >= 15 is 0 Å². The van der Waals surface area contributed by atoms with Gasteiger partial charge in [-0.3, -0.25) is 4.79 Å². The van der Waals surface area contributed by atoms with Crippen molar-refractivity contribution in [3.63, 3.8) is 0 Å². The molecule has 1 atom stereocenters. The monoisotopic (exact) mass is 270 g/mol. The zero-order valence-corrected chi connectivity index (χ0v) is 12.3. The fourth-order valence-corrected chi connectivity index (χ4v) is 2.62. The number of benzene rings is 1. The summed E-state index contributed by atoms with van der Waals surface area (Å²) in [5.74, 6) is -0.0435. The molecule has 3 nitrogen and oxygen atoms in total. The van der Waals surface area contributed by atoms with E-state index < -0.39 is 5.92 Å². The number of likely N-dealkylation sites (tertiary alicyclic amines) is 1. The lowest BCUT2D eigenvalue weighted by Crippen LogP contribution is -2.34. The van der Waals surface area contributed by atoms with Crippen LogP contribution in [0.4, 0.5) is 0 Å². The molecule has 1 aromatic rings. The lowest BCUT2D eigenvalue weighted by atomic mass is 9.96. The van der Waals surface area contributed by atoms with Crippen molar-refractivity contribution in [3.8, 4) is 6.07 Å². The van der Waals surface area contributed by atoms with Crippen molar-refractivity contribution >= 4 is 5.91 Å². The minimum atomic E-state index is -0.544. The van der Waals surface area contributed by atoms with Gasteiger partial charge in [-0.2, -0.15) is 5.26 Å². The Morgan fingerprint density at radius 3 is 2.35 bits per heavy atom. The molecule has 0 saturated carbocycles. The molecule has 0 aromatic heterocycles. The van der Waals surface area contributed by atoms with E-state index in [4.69, 9.17) is 0 Å². The van der Waals surface area contributed by atoms with Crippen molar-refractivity contribution in [3.05, 3.63) is 35.4 Å². The zero-order valence-electron chi connectivity index (χ0n) is 12.3. The van der Waals surface area contributed by atoms with Gasteiger partial charge >= 0.3 is 0 Å². The Hall–Kier alpha value is -1.82. The normalized spacial score (nSPS) is 16.2. The van der Waals surface area contributed by atoms with Gasteiger partial charge < -0.3 is 4.90 Å². The SMILES string of the molecule is CC(C)c1ccc(CC(C#N)C(=O)N2CCCC2)cc1. The molecule has 3 heteroatoms.